The van der Waals surface area contributed by atoms with E-state index in [9.17, 15) is 9.59 Å². The number of carbonyl (C=O) groups excluding carboxylic acids is 2. The minimum Gasteiger partial charge on any atom is -0.383 e. The Bertz CT molecular complexity index is 1520. The van der Waals surface area contributed by atoms with Gasteiger partial charge in [-0.15, -0.1) is 0 Å². The molecule has 0 radical (unpaired) electrons. The van der Waals surface area contributed by atoms with Gasteiger partial charge in [0.15, 0.2) is 0 Å². The van der Waals surface area contributed by atoms with E-state index in [0.29, 0.717) is 26.3 Å². The van der Waals surface area contributed by atoms with Crippen LogP contribution in [0, 0.1) is 0 Å². The van der Waals surface area contributed by atoms with E-state index in [0.717, 1.165) is 59.4 Å². The highest BCUT2D eigenvalue weighted by molar-refractivity contribution is 5.89. The number of rotatable bonds is 10. The van der Waals surface area contributed by atoms with Gasteiger partial charge in [0.1, 0.15) is 35.6 Å². The van der Waals surface area contributed by atoms with Crippen molar-refractivity contribution in [3.8, 4) is 0 Å². The van der Waals surface area contributed by atoms with Gasteiger partial charge in [0.2, 0.25) is 11.8 Å². The zero-order chi connectivity index (χ0) is 32.5. The third kappa shape index (κ3) is 7.51. The molecular formula is C32H42N10O4. The second-order valence-corrected chi connectivity index (χ2v) is 11.4. The fourth-order valence-electron chi connectivity index (χ4n) is 6.16. The lowest BCUT2D eigenvalue weighted by Crippen LogP contribution is -2.52. The molecule has 4 atom stereocenters. The van der Waals surface area contributed by atoms with Crippen molar-refractivity contribution in [3.63, 3.8) is 0 Å². The molecule has 46 heavy (non-hydrogen) atoms. The first-order chi connectivity index (χ1) is 22.4. The van der Waals surface area contributed by atoms with Crippen molar-refractivity contribution in [1.82, 2.24) is 39.7 Å². The van der Waals surface area contributed by atoms with E-state index < -0.39 is 0 Å². The zero-order valence-corrected chi connectivity index (χ0v) is 26.3. The van der Waals surface area contributed by atoms with Gasteiger partial charge < -0.3 is 39.9 Å². The molecule has 4 aromatic rings. The van der Waals surface area contributed by atoms with Gasteiger partial charge in [0.25, 0.3) is 0 Å². The molecule has 14 heteroatoms. The molecule has 2 amide bonds. The summed E-state index contributed by atoms with van der Waals surface area (Å²) < 4.78 is 10.5. The van der Waals surface area contributed by atoms with Crippen LogP contribution in [0.4, 0.5) is 11.6 Å². The molecule has 0 saturated carbocycles. The number of aromatic nitrogens is 6. The van der Waals surface area contributed by atoms with Gasteiger partial charge in [-0.1, -0.05) is 13.2 Å². The third-order valence-electron chi connectivity index (χ3n) is 8.44. The van der Waals surface area contributed by atoms with Gasteiger partial charge in [-0.25, -0.2) is 19.9 Å². The fourth-order valence-corrected chi connectivity index (χ4v) is 6.16. The highest BCUT2D eigenvalue weighted by Gasteiger charge is 2.32. The van der Waals surface area contributed by atoms with Gasteiger partial charge in [-0.2, -0.15) is 0 Å². The van der Waals surface area contributed by atoms with Crippen molar-refractivity contribution in [2.45, 2.75) is 49.9 Å². The number of hydrogen-bond acceptors (Lipinski definition) is 10. The number of nitrogens with zero attached hydrogens (tertiary/aromatic N) is 6. The Balaban J connectivity index is 0.000000181. The van der Waals surface area contributed by atoms with E-state index >= 15 is 0 Å². The van der Waals surface area contributed by atoms with Crippen LogP contribution in [0.2, 0.25) is 0 Å². The van der Waals surface area contributed by atoms with Crippen LogP contribution in [0.1, 0.15) is 25.7 Å². The van der Waals surface area contributed by atoms with E-state index in [2.05, 4.69) is 53.7 Å². The molecule has 0 aromatic carbocycles. The molecule has 4 N–H and O–H groups in total. The standard InChI is InChI=1S/2C16H21N5O2/c2*1-3-14(22)21-8-11(4-5-12(21)9-23-2)20-16-13-6-7-17-15(13)18-10-19-16/h2*3,6-7,10-12H,1,4-5,8-9H2,2H3,(H2,17,18,19,20)/t2*11-,12-/m11/s1. The molecule has 14 nitrogen and oxygen atoms in total. The summed E-state index contributed by atoms with van der Waals surface area (Å²) >= 11 is 0. The molecule has 2 aliphatic rings. The second kappa shape index (κ2) is 15.5. The number of likely N-dealkylation sites (tertiary alicyclic amines) is 2. The first-order valence-corrected chi connectivity index (χ1v) is 15.4. The zero-order valence-electron chi connectivity index (χ0n) is 26.3. The molecule has 0 aliphatic carbocycles. The number of hydrogen-bond donors (Lipinski definition) is 4. The summed E-state index contributed by atoms with van der Waals surface area (Å²) in [4.78, 5) is 51.1. The Labute approximate surface area is 267 Å². The Kier molecular flexibility index (Phi) is 10.9. The minimum atomic E-state index is -0.0620. The van der Waals surface area contributed by atoms with Crippen molar-refractivity contribution in [2.75, 3.05) is 51.2 Å². The van der Waals surface area contributed by atoms with Crippen LogP contribution < -0.4 is 10.6 Å². The summed E-state index contributed by atoms with van der Waals surface area (Å²) in [5.74, 6) is 1.45. The van der Waals surface area contributed by atoms with Crippen LogP contribution in [-0.2, 0) is 19.1 Å². The number of amides is 2. The first-order valence-electron chi connectivity index (χ1n) is 15.4. The monoisotopic (exact) mass is 630 g/mol. The normalized spacial score (nSPS) is 21.3. The summed E-state index contributed by atoms with van der Waals surface area (Å²) in [6.07, 6.45) is 13.1. The van der Waals surface area contributed by atoms with Gasteiger partial charge in [0, 0.05) is 51.8 Å². The van der Waals surface area contributed by atoms with Gasteiger partial charge in [-0.05, 0) is 50.0 Å². The lowest BCUT2D eigenvalue weighted by atomic mass is 9.98. The summed E-state index contributed by atoms with van der Waals surface area (Å²) in [7, 11) is 3.31. The maximum absolute atomic E-state index is 12.1. The number of anilines is 2. The lowest BCUT2D eigenvalue weighted by Gasteiger charge is -2.39. The molecule has 6 heterocycles. The summed E-state index contributed by atoms with van der Waals surface area (Å²) in [5, 5.41) is 8.79. The Morgan fingerprint density at radius 1 is 0.783 bits per heavy atom. The lowest BCUT2D eigenvalue weighted by molar-refractivity contribution is -0.131. The fraction of sp³-hybridized carbons (Fsp3) is 0.438. The van der Waals surface area contributed by atoms with Crippen molar-refractivity contribution in [1.29, 1.82) is 0 Å². The number of carbonyl (C=O) groups is 2. The molecule has 2 fully saturated rings. The average molecular weight is 631 g/mol. The van der Waals surface area contributed by atoms with E-state index in [1.165, 1.54) is 24.8 Å². The molecule has 2 aliphatic heterocycles. The van der Waals surface area contributed by atoms with Crippen molar-refractivity contribution >= 4 is 45.5 Å². The summed E-state index contributed by atoms with van der Waals surface area (Å²) in [6.45, 7) is 9.49. The van der Waals surface area contributed by atoms with Crippen molar-refractivity contribution in [3.05, 3.63) is 62.5 Å². The van der Waals surface area contributed by atoms with Crippen molar-refractivity contribution < 1.29 is 19.1 Å². The van der Waals surface area contributed by atoms with Crippen LogP contribution >= 0.6 is 0 Å². The molecule has 4 aromatic heterocycles. The SMILES string of the molecule is C=CC(=O)N1C[C@H](Nc2ncnc3[nH]ccc23)CC[C@@H]1COC.C=CC(=O)N1C[C@H](Nc2ncnc3[nH]ccc23)CC[C@@H]1COC. The van der Waals surface area contributed by atoms with Gasteiger partial charge in [-0.3, -0.25) is 9.59 Å². The molecule has 2 saturated heterocycles. The summed E-state index contributed by atoms with van der Waals surface area (Å²) in [6, 6.07) is 4.37. The minimum absolute atomic E-state index is 0.0620. The molecule has 0 unspecified atom stereocenters. The number of nitrogens with one attached hydrogen (secondary N) is 4. The van der Waals surface area contributed by atoms with Gasteiger partial charge >= 0.3 is 0 Å². The molecule has 6 rings (SSSR count). The highest BCUT2D eigenvalue weighted by atomic mass is 16.5. The number of aromatic amines is 2. The molecule has 0 spiro atoms. The number of ether oxygens (including phenoxy) is 2. The molecule has 0 bridgehead atoms. The number of piperidine rings is 2. The van der Waals surface area contributed by atoms with Crippen LogP contribution in [0.5, 0.6) is 0 Å². The maximum atomic E-state index is 12.1. The quantitative estimate of drug-likeness (QED) is 0.191. The molecular weight excluding hydrogens is 588 g/mol. The van der Waals surface area contributed by atoms with E-state index in [1.807, 2.05) is 34.3 Å². The van der Waals surface area contributed by atoms with E-state index in [1.54, 1.807) is 14.2 Å². The Hall–Kier alpha value is -4.82. The van der Waals surface area contributed by atoms with Crippen molar-refractivity contribution in [2.24, 2.45) is 0 Å². The second-order valence-electron chi connectivity index (χ2n) is 11.4. The maximum Gasteiger partial charge on any atom is 0.246 e. The summed E-state index contributed by atoms with van der Waals surface area (Å²) in [5.41, 5.74) is 1.60. The van der Waals surface area contributed by atoms with Crippen LogP contribution in [-0.4, -0.2) is 116 Å². The predicted octanol–water partition coefficient (Wildman–Crippen LogP) is 3.12. The topological polar surface area (TPSA) is 166 Å². The smallest absolute Gasteiger partial charge is 0.246 e. The van der Waals surface area contributed by atoms with E-state index in [4.69, 9.17) is 9.47 Å². The number of fused-ring (bicyclic) bond motifs is 2. The van der Waals surface area contributed by atoms with E-state index in [-0.39, 0.29) is 36.0 Å². The van der Waals surface area contributed by atoms with Crippen LogP contribution in [0.15, 0.2) is 62.5 Å². The Morgan fingerprint density at radius 3 is 1.61 bits per heavy atom. The first kappa shape index (κ1) is 32.6. The third-order valence-corrected chi connectivity index (χ3v) is 8.44. The molecule has 244 valence electrons. The highest BCUT2D eigenvalue weighted by Crippen LogP contribution is 2.25. The van der Waals surface area contributed by atoms with Crippen LogP contribution in [0.25, 0.3) is 22.1 Å². The Morgan fingerprint density at radius 2 is 1.22 bits per heavy atom. The number of H-pyrrole nitrogens is 2. The van der Waals surface area contributed by atoms with Crippen LogP contribution in [0.3, 0.4) is 0 Å². The average Bonchev–Trinajstić information content (AvgIpc) is 3.77. The largest absolute Gasteiger partial charge is 0.383 e. The number of methoxy groups -OCH3 is 2. The van der Waals surface area contributed by atoms with Gasteiger partial charge in [0.05, 0.1) is 36.1 Å². The predicted molar refractivity (Wildman–Crippen MR) is 176 cm³/mol.